The van der Waals surface area contributed by atoms with Crippen LogP contribution in [0.15, 0.2) is 33.5 Å². The minimum absolute atomic E-state index is 0.0734. The van der Waals surface area contributed by atoms with Crippen molar-refractivity contribution in [2.45, 2.75) is 13.0 Å². The number of anilines is 2. The summed E-state index contributed by atoms with van der Waals surface area (Å²) in [5.74, 6) is -3.89. The lowest BCUT2D eigenvalue weighted by Gasteiger charge is -2.12. The lowest BCUT2D eigenvalue weighted by Crippen LogP contribution is -2.21. The van der Waals surface area contributed by atoms with Gasteiger partial charge in [0.1, 0.15) is 11.6 Å². The van der Waals surface area contributed by atoms with Gasteiger partial charge in [0.05, 0.1) is 28.9 Å². The van der Waals surface area contributed by atoms with Crippen LogP contribution in [0.1, 0.15) is 12.0 Å². The molecule has 3 rings (SSSR count). The van der Waals surface area contributed by atoms with Gasteiger partial charge in [0.2, 0.25) is 5.91 Å². The average molecular weight is 435 g/mol. The molecule has 0 radical (unpaired) electrons. The Balaban J connectivity index is 2.01. The van der Waals surface area contributed by atoms with Crippen LogP contribution in [-0.2, 0) is 11.4 Å². The number of nitrogens with zero attached hydrogens (tertiary/aromatic N) is 1. The number of carbonyl (C=O) groups excluding carboxylic acids is 1. The summed E-state index contributed by atoms with van der Waals surface area (Å²) in [6.07, 6.45) is 0.165. The van der Waals surface area contributed by atoms with E-state index in [1.54, 1.807) is 19.0 Å². The van der Waals surface area contributed by atoms with E-state index >= 15 is 0 Å². The Morgan fingerprint density at radius 2 is 1.90 bits per heavy atom. The fraction of sp³-hybridized carbons (Fsp3) is 0.238. The summed E-state index contributed by atoms with van der Waals surface area (Å²) in [7, 11) is 3.60. The fourth-order valence-electron chi connectivity index (χ4n) is 3.00. The molecule has 7 nitrogen and oxygen atoms in total. The number of nitrogens with two attached hydrogens (primary N) is 1. The van der Waals surface area contributed by atoms with Crippen molar-refractivity contribution in [3.05, 3.63) is 57.5 Å². The van der Waals surface area contributed by atoms with Crippen molar-refractivity contribution in [2.75, 3.05) is 31.7 Å². The predicted molar refractivity (Wildman–Crippen MR) is 110 cm³/mol. The van der Waals surface area contributed by atoms with Crippen LogP contribution in [0.4, 0.5) is 24.5 Å². The van der Waals surface area contributed by atoms with Crippen LogP contribution in [0.5, 0.6) is 0 Å². The molecule has 0 aliphatic carbocycles. The molecule has 2 aromatic carbocycles. The minimum Gasteiger partial charge on any atom is -0.453 e. The number of amides is 1. The van der Waals surface area contributed by atoms with Crippen molar-refractivity contribution in [3.8, 4) is 11.3 Å². The van der Waals surface area contributed by atoms with Gasteiger partial charge in [-0.05, 0) is 32.3 Å². The normalized spacial score (nSPS) is 11.3. The van der Waals surface area contributed by atoms with Crippen LogP contribution >= 0.6 is 0 Å². The second-order valence-corrected chi connectivity index (χ2v) is 7.15. The molecule has 31 heavy (non-hydrogen) atoms. The summed E-state index contributed by atoms with van der Waals surface area (Å²) in [5, 5.41) is 11.1. The van der Waals surface area contributed by atoms with Crippen LogP contribution in [0, 0.1) is 17.5 Å². The largest absolute Gasteiger partial charge is 0.453 e. The first-order valence-electron chi connectivity index (χ1n) is 9.22. The number of hydrogen-bond acceptors (Lipinski definition) is 6. The summed E-state index contributed by atoms with van der Waals surface area (Å²) >= 11 is 0. The highest BCUT2D eigenvalue weighted by Crippen LogP contribution is 2.32. The van der Waals surface area contributed by atoms with Crippen molar-refractivity contribution in [1.82, 2.24) is 4.90 Å². The van der Waals surface area contributed by atoms with Crippen LogP contribution in [0.3, 0.4) is 0 Å². The molecular weight excluding hydrogens is 415 g/mol. The summed E-state index contributed by atoms with van der Waals surface area (Å²) in [4.78, 5) is 26.1. The molecule has 0 aliphatic heterocycles. The first-order valence-corrected chi connectivity index (χ1v) is 9.22. The van der Waals surface area contributed by atoms with Crippen LogP contribution in [-0.4, -0.2) is 36.6 Å². The number of hydrogen-bond donors (Lipinski definition) is 3. The molecule has 0 unspecified atom stereocenters. The maximum Gasteiger partial charge on any atom is 0.225 e. The Morgan fingerprint density at radius 3 is 2.52 bits per heavy atom. The fourth-order valence-corrected chi connectivity index (χ4v) is 3.00. The molecule has 3 aromatic rings. The molecule has 0 aliphatic rings. The SMILES string of the molecule is CN(C)CCC(=O)Nc1ccc(-c2cc(=O)c3c(N)c(F)c(CO)c(F)c3o2)cc1F. The Kier molecular flexibility index (Phi) is 6.32. The number of rotatable bonds is 6. The van der Waals surface area contributed by atoms with Gasteiger partial charge in [0.15, 0.2) is 22.6 Å². The molecule has 0 spiro atoms. The Labute approximate surface area is 174 Å². The maximum absolute atomic E-state index is 14.6. The summed E-state index contributed by atoms with van der Waals surface area (Å²) in [6, 6.07) is 4.58. The van der Waals surface area contributed by atoms with E-state index in [2.05, 4.69) is 5.32 Å². The van der Waals surface area contributed by atoms with E-state index in [0.717, 1.165) is 12.1 Å². The zero-order valence-electron chi connectivity index (χ0n) is 16.8. The van der Waals surface area contributed by atoms with Gasteiger partial charge in [-0.2, -0.15) is 0 Å². The highest BCUT2D eigenvalue weighted by molar-refractivity contribution is 5.92. The number of halogens is 3. The average Bonchev–Trinajstić information content (AvgIpc) is 2.72. The third kappa shape index (κ3) is 4.39. The molecule has 1 heterocycles. The van der Waals surface area contributed by atoms with Crippen molar-refractivity contribution in [1.29, 1.82) is 0 Å². The first-order chi connectivity index (χ1) is 14.6. The van der Waals surface area contributed by atoms with Gasteiger partial charge in [-0.3, -0.25) is 9.59 Å². The van der Waals surface area contributed by atoms with Crippen LogP contribution < -0.4 is 16.5 Å². The molecule has 1 aromatic heterocycles. The van der Waals surface area contributed by atoms with E-state index in [0.29, 0.717) is 6.54 Å². The van der Waals surface area contributed by atoms with Gasteiger partial charge in [0, 0.05) is 24.6 Å². The smallest absolute Gasteiger partial charge is 0.225 e. The van der Waals surface area contributed by atoms with Crippen molar-refractivity contribution in [3.63, 3.8) is 0 Å². The highest BCUT2D eigenvalue weighted by Gasteiger charge is 2.23. The summed E-state index contributed by atoms with van der Waals surface area (Å²) < 4.78 is 48.6. The van der Waals surface area contributed by atoms with E-state index in [9.17, 15) is 27.9 Å². The van der Waals surface area contributed by atoms with E-state index < -0.39 is 51.7 Å². The number of aliphatic hydroxyl groups is 1. The molecule has 164 valence electrons. The van der Waals surface area contributed by atoms with Crippen LogP contribution in [0.25, 0.3) is 22.3 Å². The molecule has 4 N–H and O–H groups in total. The molecule has 0 saturated heterocycles. The number of fused-ring (bicyclic) bond motifs is 1. The van der Waals surface area contributed by atoms with Gasteiger partial charge in [-0.25, -0.2) is 13.2 Å². The quantitative estimate of drug-likeness (QED) is 0.514. The third-order valence-corrected chi connectivity index (χ3v) is 4.65. The number of aliphatic hydroxyl groups excluding tert-OH is 1. The standard InChI is InChI=1S/C21H20F3N3O4/c1-27(2)6-5-16(30)26-13-4-3-10(7-12(13)22)15-8-14(29)17-20(25)18(23)11(9-28)19(24)21(17)31-15/h3-4,7-8,28H,5-6,9,25H2,1-2H3,(H,26,30). The summed E-state index contributed by atoms with van der Waals surface area (Å²) in [6.45, 7) is -0.512. The second-order valence-electron chi connectivity index (χ2n) is 7.15. The lowest BCUT2D eigenvalue weighted by molar-refractivity contribution is -0.116. The Bertz CT molecular complexity index is 1220. The number of benzene rings is 2. The first kappa shape index (κ1) is 22.3. The van der Waals surface area contributed by atoms with Gasteiger partial charge >= 0.3 is 0 Å². The zero-order chi connectivity index (χ0) is 22.9. The Hall–Kier alpha value is -3.37. The van der Waals surface area contributed by atoms with Gasteiger partial charge in [-0.15, -0.1) is 0 Å². The molecule has 0 fully saturated rings. The van der Waals surface area contributed by atoms with Gasteiger partial charge in [-0.1, -0.05) is 0 Å². The molecule has 10 heteroatoms. The zero-order valence-corrected chi connectivity index (χ0v) is 16.8. The third-order valence-electron chi connectivity index (χ3n) is 4.65. The molecule has 1 amide bonds. The van der Waals surface area contributed by atoms with Crippen molar-refractivity contribution in [2.24, 2.45) is 0 Å². The van der Waals surface area contributed by atoms with Crippen molar-refractivity contribution < 1.29 is 27.5 Å². The van der Waals surface area contributed by atoms with E-state index in [-0.39, 0.29) is 29.3 Å². The lowest BCUT2D eigenvalue weighted by atomic mass is 10.1. The summed E-state index contributed by atoms with van der Waals surface area (Å²) in [5.41, 5.74) is 2.70. The minimum atomic E-state index is -1.27. The molecule has 0 atom stereocenters. The van der Waals surface area contributed by atoms with E-state index in [4.69, 9.17) is 10.2 Å². The van der Waals surface area contributed by atoms with Crippen LogP contribution in [0.2, 0.25) is 0 Å². The molecule has 0 bridgehead atoms. The topological polar surface area (TPSA) is 109 Å². The second kappa shape index (κ2) is 8.78. The number of carbonyl (C=O) groups is 1. The van der Waals surface area contributed by atoms with Gasteiger partial charge < -0.3 is 25.5 Å². The molecular formula is C21H20F3N3O4. The highest BCUT2D eigenvalue weighted by atomic mass is 19.1. The maximum atomic E-state index is 14.6. The Morgan fingerprint density at radius 1 is 1.19 bits per heavy atom. The number of nitrogens with one attached hydrogen (secondary N) is 1. The monoisotopic (exact) mass is 435 g/mol. The predicted octanol–water partition coefficient (Wildman–Crippen LogP) is 2.84. The number of nitrogen functional groups attached to an aromatic ring is 1. The molecule has 0 saturated carbocycles. The van der Waals surface area contributed by atoms with E-state index in [1.807, 2.05) is 0 Å². The van der Waals surface area contributed by atoms with Gasteiger partial charge in [0.25, 0.3) is 0 Å². The van der Waals surface area contributed by atoms with Crippen molar-refractivity contribution >= 4 is 28.3 Å². The van der Waals surface area contributed by atoms with E-state index in [1.165, 1.54) is 12.1 Å².